The fraction of sp³-hybridized carbons (Fsp3) is 0.350. The molecule has 2 aromatic rings. The van der Waals surface area contributed by atoms with Crippen LogP contribution in [0.1, 0.15) is 37.5 Å². The zero-order valence-electron chi connectivity index (χ0n) is 15.4. The van der Waals surface area contributed by atoms with Crippen LogP contribution in [0.25, 0.3) is 0 Å². The standard InChI is InChI=1S/C20H22F3NO3/c1-19(2,3)15-9-14(11-20(21,22)23)10-16(17(15)25)24-18(26)27-12-13-7-5-4-6-8-13/h4-10,25H,11-12H2,1-3H3,(H,24,26). The monoisotopic (exact) mass is 381 g/mol. The van der Waals surface area contributed by atoms with E-state index >= 15 is 0 Å². The van der Waals surface area contributed by atoms with Crippen molar-refractivity contribution in [3.05, 3.63) is 59.2 Å². The van der Waals surface area contributed by atoms with Gasteiger partial charge in [0.2, 0.25) is 0 Å². The number of hydrogen-bond acceptors (Lipinski definition) is 3. The molecule has 0 fully saturated rings. The number of phenolic OH excluding ortho intramolecular Hbond substituents is 1. The largest absolute Gasteiger partial charge is 0.505 e. The van der Waals surface area contributed by atoms with Gasteiger partial charge in [-0.1, -0.05) is 57.2 Å². The molecule has 0 saturated carbocycles. The van der Waals surface area contributed by atoms with Crippen LogP contribution in [0.15, 0.2) is 42.5 Å². The van der Waals surface area contributed by atoms with Crippen molar-refractivity contribution in [1.29, 1.82) is 0 Å². The SMILES string of the molecule is CC(C)(C)c1cc(CC(F)(F)F)cc(NC(=O)OCc2ccccc2)c1O. The number of aromatic hydroxyl groups is 1. The van der Waals surface area contributed by atoms with Crippen molar-refractivity contribution in [2.24, 2.45) is 0 Å². The van der Waals surface area contributed by atoms with Crippen molar-refractivity contribution in [2.75, 3.05) is 5.32 Å². The number of phenols is 1. The molecule has 0 unspecified atom stereocenters. The molecule has 146 valence electrons. The highest BCUT2D eigenvalue weighted by Crippen LogP contribution is 2.38. The van der Waals surface area contributed by atoms with Crippen molar-refractivity contribution in [3.8, 4) is 5.75 Å². The molecule has 27 heavy (non-hydrogen) atoms. The van der Waals surface area contributed by atoms with Gasteiger partial charge in [0.05, 0.1) is 12.1 Å². The highest BCUT2D eigenvalue weighted by molar-refractivity contribution is 5.87. The van der Waals surface area contributed by atoms with Crippen LogP contribution in [0, 0.1) is 0 Å². The minimum Gasteiger partial charge on any atom is -0.505 e. The molecule has 0 atom stereocenters. The molecule has 0 saturated heterocycles. The summed E-state index contributed by atoms with van der Waals surface area (Å²) in [5, 5.41) is 12.8. The van der Waals surface area contributed by atoms with Crippen molar-refractivity contribution < 1.29 is 27.8 Å². The number of hydrogen-bond donors (Lipinski definition) is 2. The quantitative estimate of drug-likeness (QED) is 0.684. The van der Waals surface area contributed by atoms with Crippen molar-refractivity contribution in [1.82, 2.24) is 0 Å². The first-order valence-electron chi connectivity index (χ1n) is 8.36. The number of anilines is 1. The van der Waals surface area contributed by atoms with Gasteiger partial charge in [0.1, 0.15) is 12.4 Å². The predicted octanol–water partition coefficient (Wildman–Crippen LogP) is 5.54. The molecule has 0 aliphatic rings. The van der Waals surface area contributed by atoms with Crippen LogP contribution in [0.3, 0.4) is 0 Å². The van der Waals surface area contributed by atoms with Crippen LogP contribution in [-0.4, -0.2) is 17.4 Å². The number of amides is 1. The van der Waals surface area contributed by atoms with Crippen LogP contribution in [-0.2, 0) is 23.2 Å². The molecule has 0 aromatic heterocycles. The Hall–Kier alpha value is -2.70. The summed E-state index contributed by atoms with van der Waals surface area (Å²) in [6, 6.07) is 11.4. The lowest BCUT2D eigenvalue weighted by atomic mass is 9.84. The number of halogens is 3. The third-order valence-corrected chi connectivity index (χ3v) is 3.83. The zero-order valence-corrected chi connectivity index (χ0v) is 15.4. The Balaban J connectivity index is 2.23. The lowest BCUT2D eigenvalue weighted by Crippen LogP contribution is -2.18. The molecular formula is C20H22F3NO3. The van der Waals surface area contributed by atoms with Crippen molar-refractivity contribution >= 4 is 11.8 Å². The average Bonchev–Trinajstić information content (AvgIpc) is 2.54. The first kappa shape index (κ1) is 20.6. The Kier molecular flexibility index (Phi) is 6.03. The number of carbonyl (C=O) groups is 1. The van der Waals surface area contributed by atoms with E-state index in [2.05, 4.69) is 5.32 Å². The molecule has 0 spiro atoms. The number of benzene rings is 2. The van der Waals surface area contributed by atoms with Crippen LogP contribution in [0.2, 0.25) is 0 Å². The third-order valence-electron chi connectivity index (χ3n) is 3.83. The second kappa shape index (κ2) is 7.90. The van der Waals surface area contributed by atoms with E-state index in [4.69, 9.17) is 4.74 Å². The van der Waals surface area contributed by atoms with Crippen LogP contribution in [0.4, 0.5) is 23.7 Å². The Morgan fingerprint density at radius 2 is 1.70 bits per heavy atom. The van der Waals surface area contributed by atoms with Gasteiger partial charge in [-0.05, 0) is 22.6 Å². The fourth-order valence-electron chi connectivity index (χ4n) is 2.56. The molecule has 0 radical (unpaired) electrons. The summed E-state index contributed by atoms with van der Waals surface area (Å²) in [5.41, 5.74) is 0.291. The molecule has 2 N–H and O–H groups in total. The maximum Gasteiger partial charge on any atom is 0.412 e. The first-order chi connectivity index (χ1) is 12.5. The third kappa shape index (κ3) is 6.20. The molecule has 1 amide bonds. The molecule has 0 aliphatic carbocycles. The highest BCUT2D eigenvalue weighted by Gasteiger charge is 2.30. The summed E-state index contributed by atoms with van der Waals surface area (Å²) in [6.45, 7) is 5.28. The van der Waals surface area contributed by atoms with Gasteiger partial charge in [-0.25, -0.2) is 4.79 Å². The smallest absolute Gasteiger partial charge is 0.412 e. The molecular weight excluding hydrogens is 359 g/mol. The van der Waals surface area contributed by atoms with E-state index < -0.39 is 24.1 Å². The Morgan fingerprint density at radius 1 is 1.07 bits per heavy atom. The number of ether oxygens (including phenoxy) is 1. The van der Waals surface area contributed by atoms with Gasteiger partial charge in [0.15, 0.2) is 0 Å². The van der Waals surface area contributed by atoms with E-state index in [-0.39, 0.29) is 23.6 Å². The van der Waals surface area contributed by atoms with Crippen LogP contribution < -0.4 is 5.32 Å². The molecule has 7 heteroatoms. The minimum atomic E-state index is -4.41. The van der Waals surface area contributed by atoms with Gasteiger partial charge in [0.25, 0.3) is 0 Å². The maximum atomic E-state index is 12.8. The van der Waals surface area contributed by atoms with E-state index in [0.717, 1.165) is 11.6 Å². The Morgan fingerprint density at radius 3 is 2.26 bits per heavy atom. The average molecular weight is 381 g/mol. The summed E-state index contributed by atoms with van der Waals surface area (Å²) in [6.07, 6.45) is -6.43. The summed E-state index contributed by atoms with van der Waals surface area (Å²) >= 11 is 0. The van der Waals surface area contributed by atoms with E-state index in [1.807, 2.05) is 6.07 Å². The van der Waals surface area contributed by atoms with E-state index in [0.29, 0.717) is 5.56 Å². The summed E-state index contributed by atoms with van der Waals surface area (Å²) in [5.74, 6) is -0.273. The number of alkyl halides is 3. The Bertz CT molecular complexity index is 797. The van der Waals surface area contributed by atoms with E-state index in [1.165, 1.54) is 6.07 Å². The summed E-state index contributed by atoms with van der Waals surface area (Å²) in [7, 11) is 0. The fourth-order valence-corrected chi connectivity index (χ4v) is 2.56. The number of nitrogens with one attached hydrogen (secondary N) is 1. The van der Waals surface area contributed by atoms with Gasteiger partial charge in [-0.15, -0.1) is 0 Å². The molecule has 4 nitrogen and oxygen atoms in total. The van der Waals surface area contributed by atoms with Gasteiger partial charge < -0.3 is 9.84 Å². The highest BCUT2D eigenvalue weighted by atomic mass is 19.4. The molecule has 0 aliphatic heterocycles. The Labute approximate surface area is 156 Å². The predicted molar refractivity (Wildman–Crippen MR) is 96.8 cm³/mol. The maximum absolute atomic E-state index is 12.8. The number of carbonyl (C=O) groups excluding carboxylic acids is 1. The second-order valence-electron chi connectivity index (χ2n) is 7.27. The summed E-state index contributed by atoms with van der Waals surface area (Å²) in [4.78, 5) is 12.0. The zero-order chi connectivity index (χ0) is 20.2. The van der Waals surface area contributed by atoms with Gasteiger partial charge in [-0.3, -0.25) is 5.32 Å². The van der Waals surface area contributed by atoms with E-state index in [9.17, 15) is 23.1 Å². The molecule has 2 aromatic carbocycles. The van der Waals surface area contributed by atoms with Crippen LogP contribution in [0.5, 0.6) is 5.75 Å². The normalized spacial score (nSPS) is 11.9. The van der Waals surface area contributed by atoms with Gasteiger partial charge in [-0.2, -0.15) is 13.2 Å². The van der Waals surface area contributed by atoms with Gasteiger partial charge >= 0.3 is 12.3 Å². The molecule has 0 heterocycles. The molecule has 0 bridgehead atoms. The van der Waals surface area contributed by atoms with E-state index in [1.54, 1.807) is 45.0 Å². The lowest BCUT2D eigenvalue weighted by Gasteiger charge is -2.23. The van der Waals surface area contributed by atoms with Crippen molar-refractivity contribution in [3.63, 3.8) is 0 Å². The number of rotatable bonds is 4. The lowest BCUT2D eigenvalue weighted by molar-refractivity contribution is -0.127. The molecule has 2 rings (SSSR count). The van der Waals surface area contributed by atoms with Gasteiger partial charge in [0, 0.05) is 5.56 Å². The topological polar surface area (TPSA) is 58.6 Å². The van der Waals surface area contributed by atoms with Crippen LogP contribution >= 0.6 is 0 Å². The summed E-state index contributed by atoms with van der Waals surface area (Å²) < 4.78 is 43.5. The minimum absolute atomic E-state index is 0.00179. The first-order valence-corrected chi connectivity index (χ1v) is 8.36. The second-order valence-corrected chi connectivity index (χ2v) is 7.27. The van der Waals surface area contributed by atoms with Crippen molar-refractivity contribution in [2.45, 2.75) is 45.4 Å².